The van der Waals surface area contributed by atoms with Gasteiger partial charge in [0.05, 0.1) is 5.54 Å². The van der Waals surface area contributed by atoms with Gasteiger partial charge >= 0.3 is 0 Å². The molecule has 0 atom stereocenters. The molecule has 0 aromatic rings. The largest absolute Gasteiger partial charge is 0.381 e. The van der Waals surface area contributed by atoms with Crippen LogP contribution in [0.5, 0.6) is 0 Å². The lowest BCUT2D eigenvalue weighted by Crippen LogP contribution is -2.57. The fourth-order valence-corrected chi connectivity index (χ4v) is 2.50. The van der Waals surface area contributed by atoms with Crippen molar-refractivity contribution in [3.05, 3.63) is 0 Å². The van der Waals surface area contributed by atoms with Gasteiger partial charge in [-0.1, -0.05) is 5.92 Å². The van der Waals surface area contributed by atoms with Crippen LogP contribution in [0, 0.1) is 12.3 Å². The topological polar surface area (TPSA) is 15.7 Å². The summed E-state index contributed by atoms with van der Waals surface area (Å²) in [5, 5.41) is 0. The summed E-state index contributed by atoms with van der Waals surface area (Å²) >= 11 is 0. The van der Waals surface area contributed by atoms with E-state index >= 15 is 0 Å². The predicted molar refractivity (Wildman–Crippen MR) is 60.7 cm³/mol. The quantitative estimate of drug-likeness (QED) is 0.581. The molecule has 0 saturated carbocycles. The highest BCUT2D eigenvalue weighted by Gasteiger charge is 2.37. The molecular weight excluding hydrogens is 188 g/mol. The number of hydrogen-bond donors (Lipinski definition) is 0. The number of terminal acetylenes is 1. The van der Waals surface area contributed by atoms with Crippen molar-refractivity contribution in [3.63, 3.8) is 0 Å². The Morgan fingerprint density at radius 1 is 1.13 bits per heavy atom. The van der Waals surface area contributed by atoms with Crippen molar-refractivity contribution in [2.45, 2.75) is 18.4 Å². The molecule has 2 saturated heterocycles. The maximum Gasteiger partial charge on any atom is 0.0868 e. The molecule has 0 aromatic carbocycles. The molecule has 0 unspecified atom stereocenters. The van der Waals surface area contributed by atoms with Crippen LogP contribution in [0.2, 0.25) is 0 Å². The van der Waals surface area contributed by atoms with Crippen LogP contribution in [0.4, 0.5) is 0 Å². The van der Waals surface area contributed by atoms with Crippen LogP contribution in [-0.2, 0) is 4.74 Å². The molecule has 84 valence electrons. The van der Waals surface area contributed by atoms with E-state index in [-0.39, 0.29) is 5.54 Å². The zero-order chi connectivity index (χ0) is 10.7. The summed E-state index contributed by atoms with van der Waals surface area (Å²) in [5.74, 6) is 3.03. The lowest BCUT2D eigenvalue weighted by atomic mass is 9.88. The molecule has 0 amide bonds. The zero-order valence-corrected chi connectivity index (χ0v) is 9.54. The molecule has 2 fully saturated rings. The van der Waals surface area contributed by atoms with E-state index in [2.05, 4.69) is 22.8 Å². The molecule has 0 spiro atoms. The van der Waals surface area contributed by atoms with Crippen LogP contribution in [0.3, 0.4) is 0 Å². The number of rotatable bonds is 1. The monoisotopic (exact) mass is 208 g/mol. The normalized spacial score (nSPS) is 28.5. The van der Waals surface area contributed by atoms with Gasteiger partial charge in [0, 0.05) is 52.2 Å². The molecule has 2 aliphatic heterocycles. The minimum absolute atomic E-state index is 0.0144. The lowest BCUT2D eigenvalue weighted by molar-refractivity contribution is -0.0149. The van der Waals surface area contributed by atoms with Gasteiger partial charge in [-0.2, -0.15) is 0 Å². The van der Waals surface area contributed by atoms with Crippen molar-refractivity contribution in [3.8, 4) is 12.3 Å². The first-order valence-electron chi connectivity index (χ1n) is 5.76. The summed E-state index contributed by atoms with van der Waals surface area (Å²) in [4.78, 5) is 4.84. The summed E-state index contributed by atoms with van der Waals surface area (Å²) < 4.78 is 5.41. The van der Waals surface area contributed by atoms with Crippen LogP contribution in [-0.4, -0.2) is 61.8 Å². The molecule has 2 aliphatic rings. The Balaban J connectivity index is 2.03. The second kappa shape index (κ2) is 4.52. The molecular formula is C12H20N2O. The lowest BCUT2D eigenvalue weighted by Gasteiger charge is -2.46. The van der Waals surface area contributed by atoms with Crippen molar-refractivity contribution in [1.29, 1.82) is 0 Å². The predicted octanol–water partition coefficient (Wildman–Crippen LogP) is 0.416. The summed E-state index contributed by atoms with van der Waals surface area (Å²) in [5.41, 5.74) is -0.0144. The van der Waals surface area contributed by atoms with Gasteiger partial charge in [0.1, 0.15) is 0 Å². The Labute approximate surface area is 92.4 Å². The number of piperazine rings is 1. The summed E-state index contributed by atoms with van der Waals surface area (Å²) in [6.45, 7) is 6.09. The molecule has 0 bridgehead atoms. The highest BCUT2D eigenvalue weighted by molar-refractivity contribution is 5.15. The Morgan fingerprint density at radius 2 is 1.73 bits per heavy atom. The Kier molecular flexibility index (Phi) is 3.30. The van der Waals surface area contributed by atoms with E-state index < -0.39 is 0 Å². The van der Waals surface area contributed by atoms with E-state index in [9.17, 15) is 0 Å². The van der Waals surface area contributed by atoms with Gasteiger partial charge < -0.3 is 9.64 Å². The van der Waals surface area contributed by atoms with Crippen molar-refractivity contribution >= 4 is 0 Å². The Morgan fingerprint density at radius 3 is 2.27 bits per heavy atom. The third-order valence-corrected chi connectivity index (χ3v) is 3.70. The number of likely N-dealkylation sites (N-methyl/N-ethyl adjacent to an activating group) is 1. The molecule has 0 aliphatic carbocycles. The maximum atomic E-state index is 5.74. The summed E-state index contributed by atoms with van der Waals surface area (Å²) in [6, 6.07) is 0. The van der Waals surface area contributed by atoms with E-state index in [1.54, 1.807) is 0 Å². The van der Waals surface area contributed by atoms with Crippen LogP contribution in [0.15, 0.2) is 0 Å². The first kappa shape index (κ1) is 10.9. The maximum absolute atomic E-state index is 5.74. The first-order valence-corrected chi connectivity index (χ1v) is 5.76. The van der Waals surface area contributed by atoms with E-state index in [4.69, 9.17) is 11.2 Å². The van der Waals surface area contributed by atoms with Crippen LogP contribution < -0.4 is 0 Å². The van der Waals surface area contributed by atoms with Gasteiger partial charge in [0.25, 0.3) is 0 Å². The molecule has 2 rings (SSSR count). The van der Waals surface area contributed by atoms with Crippen molar-refractivity contribution in [2.24, 2.45) is 0 Å². The van der Waals surface area contributed by atoms with Crippen LogP contribution >= 0.6 is 0 Å². The van der Waals surface area contributed by atoms with E-state index in [0.29, 0.717) is 0 Å². The van der Waals surface area contributed by atoms with Gasteiger partial charge in [-0.15, -0.1) is 6.42 Å². The second-order valence-electron chi connectivity index (χ2n) is 4.58. The minimum atomic E-state index is -0.0144. The fourth-order valence-electron chi connectivity index (χ4n) is 2.50. The van der Waals surface area contributed by atoms with Crippen LogP contribution in [0.1, 0.15) is 12.8 Å². The van der Waals surface area contributed by atoms with Gasteiger partial charge in [-0.25, -0.2) is 0 Å². The Hall–Kier alpha value is -0.560. The standard InChI is InChI=1S/C12H20N2O/c1-3-12(4-10-15-11-5-12)14-8-6-13(2)7-9-14/h1H,4-11H2,2H3. The van der Waals surface area contributed by atoms with E-state index in [0.717, 1.165) is 52.2 Å². The van der Waals surface area contributed by atoms with Gasteiger partial charge in [-0.05, 0) is 7.05 Å². The molecule has 0 N–H and O–H groups in total. The number of ether oxygens (including phenoxy) is 1. The SMILES string of the molecule is C#CC1(N2CCN(C)CC2)CCOCC1. The van der Waals surface area contributed by atoms with Gasteiger partial charge in [-0.3, -0.25) is 4.90 Å². The molecule has 3 heteroatoms. The molecule has 0 radical (unpaired) electrons. The van der Waals surface area contributed by atoms with Gasteiger partial charge in [0.15, 0.2) is 0 Å². The average Bonchev–Trinajstić information content (AvgIpc) is 2.31. The third kappa shape index (κ3) is 2.17. The summed E-state index contributed by atoms with van der Waals surface area (Å²) in [7, 11) is 2.17. The smallest absolute Gasteiger partial charge is 0.0868 e. The minimum Gasteiger partial charge on any atom is -0.381 e. The fraction of sp³-hybridized carbons (Fsp3) is 0.833. The van der Waals surface area contributed by atoms with Gasteiger partial charge in [0.2, 0.25) is 0 Å². The third-order valence-electron chi connectivity index (χ3n) is 3.70. The highest BCUT2D eigenvalue weighted by Crippen LogP contribution is 2.28. The summed E-state index contributed by atoms with van der Waals surface area (Å²) in [6.07, 6.45) is 7.73. The molecule has 15 heavy (non-hydrogen) atoms. The highest BCUT2D eigenvalue weighted by atomic mass is 16.5. The molecule has 0 aromatic heterocycles. The van der Waals surface area contributed by atoms with Crippen molar-refractivity contribution < 1.29 is 4.74 Å². The average molecular weight is 208 g/mol. The van der Waals surface area contributed by atoms with Crippen molar-refractivity contribution in [1.82, 2.24) is 9.80 Å². The van der Waals surface area contributed by atoms with E-state index in [1.807, 2.05) is 0 Å². The van der Waals surface area contributed by atoms with E-state index in [1.165, 1.54) is 0 Å². The van der Waals surface area contributed by atoms with Crippen LogP contribution in [0.25, 0.3) is 0 Å². The molecule has 2 heterocycles. The first-order chi connectivity index (χ1) is 7.27. The van der Waals surface area contributed by atoms with Crippen molar-refractivity contribution in [2.75, 3.05) is 46.4 Å². The zero-order valence-electron chi connectivity index (χ0n) is 9.54. The second-order valence-corrected chi connectivity index (χ2v) is 4.58. The number of nitrogens with zero attached hydrogens (tertiary/aromatic N) is 2. The molecule has 3 nitrogen and oxygen atoms in total. The number of hydrogen-bond acceptors (Lipinski definition) is 3. The Bertz CT molecular complexity index is 245.